The van der Waals surface area contributed by atoms with Crippen molar-refractivity contribution in [3.05, 3.63) is 88.4 Å². The molecule has 0 aromatic heterocycles. The van der Waals surface area contributed by atoms with Gasteiger partial charge in [0, 0.05) is 17.1 Å². The van der Waals surface area contributed by atoms with Gasteiger partial charge in [0.25, 0.3) is 10.0 Å². The Labute approximate surface area is 251 Å². The molecule has 0 fully saturated rings. The van der Waals surface area contributed by atoms with Crippen LogP contribution in [0.3, 0.4) is 0 Å². The number of ether oxygens (including phenoxy) is 1. The fraction of sp³-hybridized carbons (Fsp3) is 0.355. The first-order chi connectivity index (χ1) is 19.5. The summed E-state index contributed by atoms with van der Waals surface area (Å²) in [5, 5.41) is 2.98. The van der Waals surface area contributed by atoms with Crippen LogP contribution < -0.4 is 14.4 Å². The van der Waals surface area contributed by atoms with Crippen molar-refractivity contribution in [2.75, 3.05) is 18.0 Å². The van der Waals surface area contributed by atoms with Crippen LogP contribution in [0.15, 0.2) is 82.2 Å². The molecule has 0 radical (unpaired) electrons. The van der Waals surface area contributed by atoms with Gasteiger partial charge in [0.1, 0.15) is 18.3 Å². The number of sulfonamides is 1. The number of halogens is 1. The number of anilines is 1. The summed E-state index contributed by atoms with van der Waals surface area (Å²) in [7, 11) is -2.57. The third-order valence-corrected chi connectivity index (χ3v) is 9.14. The number of hydrogen-bond donors (Lipinski definition) is 1. The largest absolute Gasteiger partial charge is 0.497 e. The summed E-state index contributed by atoms with van der Waals surface area (Å²) in [5.74, 6) is -0.173. The van der Waals surface area contributed by atoms with Crippen LogP contribution in [0.1, 0.15) is 44.7 Å². The number of carbonyl (C=O) groups is 2. The monoisotopic (exact) mass is 643 g/mol. The van der Waals surface area contributed by atoms with Crippen LogP contribution in [0.5, 0.6) is 5.75 Å². The van der Waals surface area contributed by atoms with Crippen LogP contribution in [0.2, 0.25) is 0 Å². The molecule has 0 spiro atoms. The molecule has 1 N–H and O–H groups in total. The second-order valence-corrected chi connectivity index (χ2v) is 12.7. The van der Waals surface area contributed by atoms with Gasteiger partial charge in [-0.15, -0.1) is 0 Å². The van der Waals surface area contributed by atoms with Crippen molar-refractivity contribution in [2.45, 2.75) is 64.1 Å². The lowest BCUT2D eigenvalue weighted by molar-refractivity contribution is -0.140. The van der Waals surface area contributed by atoms with Crippen molar-refractivity contribution < 1.29 is 22.7 Å². The lowest BCUT2D eigenvalue weighted by atomic mass is 10.1. The molecule has 0 aliphatic rings. The summed E-state index contributed by atoms with van der Waals surface area (Å²) in [4.78, 5) is 29.1. The molecule has 0 saturated heterocycles. The van der Waals surface area contributed by atoms with Crippen LogP contribution in [-0.2, 0) is 26.2 Å². The maximum absolute atomic E-state index is 14.2. The Morgan fingerprint density at radius 2 is 1.66 bits per heavy atom. The summed E-state index contributed by atoms with van der Waals surface area (Å²) < 4.78 is 35.0. The van der Waals surface area contributed by atoms with Gasteiger partial charge in [0.05, 0.1) is 17.7 Å². The van der Waals surface area contributed by atoms with Crippen molar-refractivity contribution >= 4 is 43.5 Å². The van der Waals surface area contributed by atoms with Crippen molar-refractivity contribution in [1.29, 1.82) is 0 Å². The second-order valence-electron chi connectivity index (χ2n) is 9.92. The molecular formula is C31H38BrN3O5S. The SMILES string of the molecule is CC[C@H](C)NC(=O)[C@H](CC)N(Cc1cccc(OC)c1)C(=O)CN(c1cccc(Br)c1)S(=O)(=O)c1ccc(C)cc1. The molecule has 0 aliphatic heterocycles. The number of methoxy groups -OCH3 is 1. The number of benzene rings is 3. The van der Waals surface area contributed by atoms with Crippen LogP contribution in [0.4, 0.5) is 5.69 Å². The third-order valence-electron chi connectivity index (χ3n) is 6.86. The molecule has 41 heavy (non-hydrogen) atoms. The Balaban J connectivity index is 2.07. The van der Waals surface area contributed by atoms with Crippen molar-refractivity contribution in [1.82, 2.24) is 10.2 Å². The fourth-order valence-electron chi connectivity index (χ4n) is 4.33. The Morgan fingerprint density at radius 1 is 0.976 bits per heavy atom. The zero-order chi connectivity index (χ0) is 30.2. The van der Waals surface area contributed by atoms with Crippen LogP contribution in [0.25, 0.3) is 0 Å². The molecule has 220 valence electrons. The van der Waals surface area contributed by atoms with Crippen LogP contribution >= 0.6 is 15.9 Å². The number of nitrogens with one attached hydrogen (secondary N) is 1. The Hall–Kier alpha value is -3.37. The Kier molecular flexibility index (Phi) is 11.4. The Bertz CT molecular complexity index is 1450. The van der Waals surface area contributed by atoms with E-state index in [1.54, 1.807) is 55.6 Å². The number of hydrogen-bond acceptors (Lipinski definition) is 5. The van der Waals surface area contributed by atoms with E-state index < -0.39 is 28.5 Å². The summed E-state index contributed by atoms with van der Waals surface area (Å²) in [6, 6.07) is 19.6. The van der Waals surface area contributed by atoms with Gasteiger partial charge in [-0.2, -0.15) is 0 Å². The maximum atomic E-state index is 14.2. The van der Waals surface area contributed by atoms with E-state index in [1.165, 1.54) is 17.0 Å². The highest BCUT2D eigenvalue weighted by Gasteiger charge is 2.34. The number of nitrogens with zero attached hydrogens (tertiary/aromatic N) is 2. The summed E-state index contributed by atoms with van der Waals surface area (Å²) in [5.41, 5.74) is 1.99. The average Bonchev–Trinajstić information content (AvgIpc) is 2.95. The first-order valence-electron chi connectivity index (χ1n) is 13.6. The van der Waals surface area contributed by atoms with Gasteiger partial charge in [-0.25, -0.2) is 8.42 Å². The highest BCUT2D eigenvalue weighted by Crippen LogP contribution is 2.27. The van der Waals surface area contributed by atoms with Crippen LogP contribution in [0, 0.1) is 6.92 Å². The molecule has 3 aromatic carbocycles. The highest BCUT2D eigenvalue weighted by atomic mass is 79.9. The van der Waals surface area contributed by atoms with Gasteiger partial charge in [0.15, 0.2) is 0 Å². The molecular weight excluding hydrogens is 606 g/mol. The van der Waals surface area contributed by atoms with Gasteiger partial charge in [-0.3, -0.25) is 13.9 Å². The molecule has 10 heteroatoms. The molecule has 0 heterocycles. The topological polar surface area (TPSA) is 96.0 Å². The highest BCUT2D eigenvalue weighted by molar-refractivity contribution is 9.10. The molecule has 3 rings (SSSR count). The predicted molar refractivity (Wildman–Crippen MR) is 165 cm³/mol. The van der Waals surface area contributed by atoms with Gasteiger partial charge >= 0.3 is 0 Å². The molecule has 0 bridgehead atoms. The van der Waals surface area contributed by atoms with E-state index in [4.69, 9.17) is 4.74 Å². The quantitative estimate of drug-likeness (QED) is 0.258. The van der Waals surface area contributed by atoms with Crippen molar-refractivity contribution in [3.63, 3.8) is 0 Å². The molecule has 0 aliphatic carbocycles. The van der Waals surface area contributed by atoms with E-state index >= 15 is 0 Å². The van der Waals surface area contributed by atoms with Crippen molar-refractivity contribution in [2.24, 2.45) is 0 Å². The van der Waals surface area contributed by atoms with Crippen molar-refractivity contribution in [3.8, 4) is 5.75 Å². The van der Waals surface area contributed by atoms with E-state index in [2.05, 4.69) is 21.2 Å². The number of carbonyl (C=O) groups excluding carboxylic acids is 2. The smallest absolute Gasteiger partial charge is 0.264 e. The van der Waals surface area contributed by atoms with Gasteiger partial charge in [-0.05, 0) is 74.7 Å². The maximum Gasteiger partial charge on any atom is 0.264 e. The normalized spacial score (nSPS) is 12.7. The lowest BCUT2D eigenvalue weighted by Crippen LogP contribution is -2.53. The Morgan fingerprint density at radius 3 is 2.27 bits per heavy atom. The minimum atomic E-state index is -4.13. The molecule has 3 aromatic rings. The second kappa shape index (κ2) is 14.5. The van der Waals surface area contributed by atoms with Gasteiger partial charge < -0.3 is 15.0 Å². The number of rotatable bonds is 13. The first kappa shape index (κ1) is 32.1. The van der Waals surface area contributed by atoms with E-state index in [1.807, 2.05) is 39.8 Å². The minimum Gasteiger partial charge on any atom is -0.497 e. The van der Waals surface area contributed by atoms with Gasteiger partial charge in [-0.1, -0.05) is 65.7 Å². The number of aryl methyl sites for hydroxylation is 1. The molecule has 8 nitrogen and oxygen atoms in total. The third kappa shape index (κ3) is 8.33. The minimum absolute atomic E-state index is 0.0665. The molecule has 0 unspecified atom stereocenters. The number of amides is 2. The van der Waals surface area contributed by atoms with E-state index in [0.717, 1.165) is 21.9 Å². The summed E-state index contributed by atoms with van der Waals surface area (Å²) >= 11 is 3.42. The molecule has 2 atom stereocenters. The fourth-order valence-corrected chi connectivity index (χ4v) is 6.12. The van der Waals surface area contributed by atoms with E-state index in [9.17, 15) is 18.0 Å². The lowest BCUT2D eigenvalue weighted by Gasteiger charge is -2.33. The van der Waals surface area contributed by atoms with Gasteiger partial charge in [0.2, 0.25) is 11.8 Å². The zero-order valence-corrected chi connectivity index (χ0v) is 26.5. The summed E-state index contributed by atoms with van der Waals surface area (Å²) in [6.45, 7) is 7.18. The molecule has 2 amide bonds. The predicted octanol–water partition coefficient (Wildman–Crippen LogP) is 5.68. The zero-order valence-electron chi connectivity index (χ0n) is 24.1. The summed E-state index contributed by atoms with van der Waals surface area (Å²) in [6.07, 6.45) is 1.08. The first-order valence-corrected chi connectivity index (χ1v) is 15.8. The average molecular weight is 645 g/mol. The van der Waals surface area contributed by atoms with Crippen LogP contribution in [-0.4, -0.2) is 50.9 Å². The van der Waals surface area contributed by atoms with E-state index in [-0.39, 0.29) is 23.4 Å². The standard InChI is InChI=1S/C31H38BrN3O5S/c1-6-23(4)33-31(37)29(7-2)34(20-24-10-8-13-27(18-24)40-5)30(36)21-35(26-12-9-11-25(32)19-26)41(38,39)28-16-14-22(3)15-17-28/h8-19,23,29H,6-7,20-21H2,1-5H3,(H,33,37)/t23-,29-/m0/s1. The van der Waals surface area contributed by atoms with E-state index in [0.29, 0.717) is 22.3 Å². The molecule has 0 saturated carbocycles.